The van der Waals surface area contributed by atoms with Crippen LogP contribution in [0.25, 0.3) is 0 Å². The standard InChI is InChI=1S/2C18H15P.C14H12.Ni/c2*1-4-10-16(11-5-1)19(17-12-6-2-7-13-17)18-14-8-3-9-15-18;1-12(13-8-4-2-5-9-13)14-10-6-3-7-11-14;/h2*1-15H;1-12H;/p+2. The molecule has 262 valence electrons. The van der Waals surface area contributed by atoms with Crippen molar-refractivity contribution in [2.45, 2.75) is 5.92 Å². The van der Waals surface area contributed by atoms with E-state index in [1.165, 1.54) is 43.0 Å². The molecule has 0 aliphatic heterocycles. The van der Waals surface area contributed by atoms with E-state index in [9.17, 15) is 0 Å². The van der Waals surface area contributed by atoms with Crippen LogP contribution in [0.3, 0.4) is 0 Å². The summed E-state index contributed by atoms with van der Waals surface area (Å²) in [6.07, 6.45) is 0. The Labute approximate surface area is 325 Å². The molecule has 0 spiro atoms. The minimum Gasteiger partial charge on any atom is -0.0620 e. The maximum atomic E-state index is 4.81. The fourth-order valence-electron chi connectivity index (χ4n) is 6.26. The molecule has 0 radical (unpaired) electrons. The Hall–Kier alpha value is -5.02. The summed E-state index contributed by atoms with van der Waals surface area (Å²) in [5, 5.41) is 8.61. The average Bonchev–Trinajstić information content (AvgIpc) is 3.25. The van der Waals surface area contributed by atoms with Crippen molar-refractivity contribution in [2.75, 3.05) is 0 Å². The molecule has 0 nitrogen and oxygen atoms in total. The predicted octanol–water partition coefficient (Wildman–Crippen LogP) is 9.52. The normalized spacial score (nSPS) is 10.5. The van der Waals surface area contributed by atoms with Crippen LogP contribution < -0.4 is 31.8 Å². The summed E-state index contributed by atoms with van der Waals surface area (Å²) in [6.45, 7) is 0. The molecule has 0 aliphatic rings. The van der Waals surface area contributed by atoms with Gasteiger partial charge in [-0.1, -0.05) is 109 Å². The van der Waals surface area contributed by atoms with E-state index >= 15 is 0 Å². The van der Waals surface area contributed by atoms with Crippen molar-refractivity contribution < 1.29 is 15.0 Å². The van der Waals surface area contributed by atoms with E-state index in [1.807, 2.05) is 17.1 Å². The zero-order valence-electron chi connectivity index (χ0n) is 29.6. The van der Waals surface area contributed by atoms with Gasteiger partial charge in [0.05, 0.1) is 15.8 Å². The van der Waals surface area contributed by atoms with E-state index < -0.39 is 15.8 Å². The van der Waals surface area contributed by atoms with Crippen molar-refractivity contribution in [3.8, 4) is 0 Å². The molecule has 0 N–H and O–H groups in total. The molecule has 53 heavy (non-hydrogen) atoms. The zero-order valence-corrected chi connectivity index (χ0v) is 32.6. The molecule has 3 heteroatoms. The summed E-state index contributed by atoms with van der Waals surface area (Å²) in [7, 11) is -1.75. The third kappa shape index (κ3) is 11.0. The molecule has 0 bridgehead atoms. The molecule has 0 fully saturated rings. The van der Waals surface area contributed by atoms with E-state index in [2.05, 4.69) is 231 Å². The first-order chi connectivity index (χ1) is 26.3. The van der Waals surface area contributed by atoms with Gasteiger partial charge >= 0.3 is 97.7 Å². The molecular weight excluding hydrogens is 721 g/mol. The van der Waals surface area contributed by atoms with E-state index in [0.29, 0.717) is 0 Å². The van der Waals surface area contributed by atoms with Gasteiger partial charge in [0, 0.05) is 0 Å². The van der Waals surface area contributed by atoms with Crippen LogP contribution in [0.4, 0.5) is 0 Å². The van der Waals surface area contributed by atoms with E-state index in [-0.39, 0.29) is 5.92 Å². The maximum absolute atomic E-state index is 4.81. The fraction of sp³-hybridized carbons (Fsp3) is 0.0200. The van der Waals surface area contributed by atoms with Gasteiger partial charge in [-0.3, -0.25) is 0 Å². The van der Waals surface area contributed by atoms with Crippen LogP contribution in [0.15, 0.2) is 243 Å². The van der Waals surface area contributed by atoms with Gasteiger partial charge in [-0.2, -0.15) is 0 Å². The molecular formula is C50H44NiP2+2. The summed E-state index contributed by atoms with van der Waals surface area (Å²) < 4.78 is 0. The Morgan fingerprint density at radius 3 is 0.604 bits per heavy atom. The molecule has 0 amide bonds. The largest absolute Gasteiger partial charge is 0.102 e. The van der Waals surface area contributed by atoms with Gasteiger partial charge in [-0.15, -0.1) is 0 Å². The minimum atomic E-state index is -0.877. The van der Waals surface area contributed by atoms with E-state index in [4.69, 9.17) is 15.0 Å². The number of rotatable bonds is 9. The quantitative estimate of drug-likeness (QED) is 0.102. The fourth-order valence-corrected chi connectivity index (χ4v) is 11.8. The second-order valence-corrected chi connectivity index (χ2v) is 17.6. The monoisotopic (exact) mass is 764 g/mol. The van der Waals surface area contributed by atoms with E-state index in [1.54, 1.807) is 0 Å². The Bertz CT molecular complexity index is 1820. The molecule has 0 atom stereocenters. The first-order valence-corrected chi connectivity index (χ1v) is 21.4. The van der Waals surface area contributed by atoms with Gasteiger partial charge in [-0.25, -0.2) is 0 Å². The molecule has 0 aromatic heterocycles. The average molecular weight is 766 g/mol. The molecule has 0 saturated heterocycles. The van der Waals surface area contributed by atoms with Crippen LogP contribution in [0, 0.1) is 0 Å². The predicted molar refractivity (Wildman–Crippen MR) is 234 cm³/mol. The molecule has 0 heterocycles. The van der Waals surface area contributed by atoms with Crippen molar-refractivity contribution in [2.24, 2.45) is 0 Å². The minimum absolute atomic E-state index is 0.243. The van der Waals surface area contributed by atoms with Gasteiger partial charge in [-0.05, 0) is 72.8 Å². The number of benzene rings is 8. The smallest absolute Gasteiger partial charge is 0.0620 e. The van der Waals surface area contributed by atoms with Gasteiger partial charge < -0.3 is 0 Å². The molecule has 8 aromatic rings. The summed E-state index contributed by atoms with van der Waals surface area (Å²) in [5.41, 5.74) is 2.52. The van der Waals surface area contributed by atoms with Gasteiger partial charge in [0.2, 0.25) is 0 Å². The number of hydrogen-bond acceptors (Lipinski definition) is 0. The molecule has 0 saturated carbocycles. The summed E-state index contributed by atoms with van der Waals surface area (Å²) >= 11 is 4.81. The summed E-state index contributed by atoms with van der Waals surface area (Å²) in [5.74, 6) is 0.243. The first-order valence-electron chi connectivity index (χ1n) is 17.9. The summed E-state index contributed by atoms with van der Waals surface area (Å²) in [4.78, 5) is 1.87. The second-order valence-electron chi connectivity index (χ2n) is 12.4. The van der Waals surface area contributed by atoms with Crippen molar-refractivity contribution >= 4 is 52.7 Å². The third-order valence-electron chi connectivity index (χ3n) is 8.80. The molecule has 0 aliphatic carbocycles. The van der Waals surface area contributed by atoms with Crippen LogP contribution in [0.1, 0.15) is 17.0 Å². The van der Waals surface area contributed by atoms with Gasteiger partial charge in [0.15, 0.2) is 0 Å². The van der Waals surface area contributed by atoms with Gasteiger partial charge in [0.1, 0.15) is 31.8 Å². The van der Waals surface area contributed by atoms with Crippen LogP contribution in [0.5, 0.6) is 0 Å². The van der Waals surface area contributed by atoms with Crippen molar-refractivity contribution in [1.82, 2.24) is 0 Å². The molecule has 8 rings (SSSR count). The van der Waals surface area contributed by atoms with Crippen molar-refractivity contribution in [3.05, 3.63) is 254 Å². The van der Waals surface area contributed by atoms with Gasteiger partial charge in [0.25, 0.3) is 0 Å². The topological polar surface area (TPSA) is 0 Å². The Morgan fingerprint density at radius 2 is 0.434 bits per heavy atom. The molecule has 8 aromatic carbocycles. The first kappa shape index (κ1) is 37.7. The van der Waals surface area contributed by atoms with Crippen LogP contribution >= 0.6 is 15.8 Å². The Balaban J connectivity index is 0.000000137. The van der Waals surface area contributed by atoms with Crippen LogP contribution in [-0.2, 0) is 15.0 Å². The Morgan fingerprint density at radius 1 is 0.264 bits per heavy atom. The van der Waals surface area contributed by atoms with Crippen LogP contribution in [-0.4, -0.2) is 4.99 Å². The summed E-state index contributed by atoms with van der Waals surface area (Å²) in [6, 6.07) is 85.7. The molecule has 0 unspecified atom stereocenters. The number of hydrogen-bond donors (Lipinski definition) is 0. The Kier molecular flexibility index (Phi) is 14.9. The second kappa shape index (κ2) is 20.9. The van der Waals surface area contributed by atoms with E-state index in [0.717, 1.165) is 0 Å². The zero-order chi connectivity index (χ0) is 36.3. The van der Waals surface area contributed by atoms with Crippen LogP contribution in [0.2, 0.25) is 0 Å². The van der Waals surface area contributed by atoms with Crippen molar-refractivity contribution in [1.29, 1.82) is 0 Å². The SMILES string of the molecule is [Ni]=[CH]C(c1ccccc1)c1ccccc1.c1ccc([PH+](c2ccccc2)c2ccccc2)cc1.c1ccc([PH+](c2ccccc2)c2ccccc2)cc1. The van der Waals surface area contributed by atoms with Crippen molar-refractivity contribution in [3.63, 3.8) is 0 Å². The maximum Gasteiger partial charge on any atom is 0.102 e. The third-order valence-corrected chi connectivity index (χ3v) is 14.6.